The predicted molar refractivity (Wildman–Crippen MR) is 114 cm³/mol. The molecule has 0 bridgehead atoms. The van der Waals surface area contributed by atoms with Crippen molar-refractivity contribution in [2.75, 3.05) is 6.16 Å². The molecule has 0 heterocycles. The maximum atomic E-state index is 2.35. The smallest absolute Gasteiger partial charge is 0.112 e. The minimum Gasteiger partial charge on any atom is -1.00 e. The third-order valence-corrected chi connectivity index (χ3v) is 9.22. The van der Waals surface area contributed by atoms with E-state index in [2.05, 4.69) is 112 Å². The summed E-state index contributed by atoms with van der Waals surface area (Å²) in [6.07, 6.45) is 2.41. The summed E-state index contributed by atoms with van der Waals surface area (Å²) >= 11 is 0. The lowest BCUT2D eigenvalue weighted by Gasteiger charge is -2.30. The minimum absolute atomic E-state index is 0. The van der Waals surface area contributed by atoms with Crippen molar-refractivity contribution in [2.24, 2.45) is 5.41 Å². The van der Waals surface area contributed by atoms with Crippen molar-refractivity contribution in [1.29, 1.82) is 0 Å². The molecule has 3 aromatic rings. The predicted octanol–water partition coefficient (Wildman–Crippen LogP) is 2.42. The molecule has 0 aliphatic rings. The highest BCUT2D eigenvalue weighted by atomic mass is 127. The molecule has 0 atom stereocenters. The highest BCUT2D eigenvalue weighted by molar-refractivity contribution is 7.95. The number of hydrogen-bond acceptors (Lipinski definition) is 0. The molecule has 0 saturated carbocycles. The third-order valence-electron chi connectivity index (χ3n) is 4.79. The third kappa shape index (κ3) is 4.75. The molecular formula is C24H28IP. The van der Waals surface area contributed by atoms with Crippen LogP contribution in [0.25, 0.3) is 0 Å². The first-order valence-electron chi connectivity index (χ1n) is 9.07. The van der Waals surface area contributed by atoms with Gasteiger partial charge in [-0.3, -0.25) is 0 Å². The zero-order valence-corrected chi connectivity index (χ0v) is 19.0. The van der Waals surface area contributed by atoms with Crippen molar-refractivity contribution in [2.45, 2.75) is 27.2 Å². The summed E-state index contributed by atoms with van der Waals surface area (Å²) in [5, 5.41) is 4.45. The van der Waals surface area contributed by atoms with Crippen LogP contribution >= 0.6 is 7.26 Å². The maximum absolute atomic E-state index is 2.35. The van der Waals surface area contributed by atoms with Crippen molar-refractivity contribution in [3.8, 4) is 0 Å². The Morgan fingerprint density at radius 3 is 1.15 bits per heavy atom. The van der Waals surface area contributed by atoms with Crippen molar-refractivity contribution < 1.29 is 24.0 Å². The number of hydrogen-bond donors (Lipinski definition) is 0. The summed E-state index contributed by atoms with van der Waals surface area (Å²) < 4.78 is 0. The molecule has 0 fully saturated rings. The first-order valence-corrected chi connectivity index (χ1v) is 11.0. The van der Waals surface area contributed by atoms with Crippen LogP contribution in [0.1, 0.15) is 27.2 Å². The molecule has 3 rings (SSSR count). The summed E-state index contributed by atoms with van der Waals surface area (Å²) in [7, 11) is -1.65. The molecule has 0 spiro atoms. The van der Waals surface area contributed by atoms with Gasteiger partial charge in [-0.25, -0.2) is 0 Å². The van der Waals surface area contributed by atoms with Gasteiger partial charge in [-0.1, -0.05) is 75.4 Å². The zero-order valence-electron chi connectivity index (χ0n) is 15.9. The van der Waals surface area contributed by atoms with E-state index in [1.165, 1.54) is 28.5 Å². The summed E-state index contributed by atoms with van der Waals surface area (Å²) in [6.45, 7) is 7.05. The first kappa shape index (κ1) is 21.1. The van der Waals surface area contributed by atoms with Gasteiger partial charge in [0, 0.05) is 0 Å². The Kier molecular flexibility index (Phi) is 7.43. The van der Waals surface area contributed by atoms with E-state index in [9.17, 15) is 0 Å². The summed E-state index contributed by atoms with van der Waals surface area (Å²) in [4.78, 5) is 0. The van der Waals surface area contributed by atoms with E-state index in [-0.39, 0.29) is 24.0 Å². The summed E-state index contributed by atoms with van der Waals surface area (Å²) in [5.74, 6) is 0. The van der Waals surface area contributed by atoms with Crippen LogP contribution in [0.5, 0.6) is 0 Å². The van der Waals surface area contributed by atoms with Crippen LogP contribution in [0.4, 0.5) is 0 Å². The number of halogens is 1. The van der Waals surface area contributed by atoms with Gasteiger partial charge < -0.3 is 24.0 Å². The fourth-order valence-corrected chi connectivity index (χ4v) is 8.10. The van der Waals surface area contributed by atoms with Crippen LogP contribution in [0.3, 0.4) is 0 Å². The standard InChI is InChI=1S/C24H28P.HI/c1-24(2,3)19-20-25(21-13-7-4-8-14-21,22-15-9-5-10-16-22)23-17-11-6-12-18-23;/h4-18H,19-20H2,1-3H3;1H/q+1;/p-1. The monoisotopic (exact) mass is 474 g/mol. The van der Waals surface area contributed by atoms with Gasteiger partial charge in [0.25, 0.3) is 0 Å². The molecule has 26 heavy (non-hydrogen) atoms. The van der Waals surface area contributed by atoms with E-state index in [1.54, 1.807) is 0 Å². The molecule has 3 aromatic carbocycles. The highest BCUT2D eigenvalue weighted by Gasteiger charge is 2.45. The van der Waals surface area contributed by atoms with Crippen molar-refractivity contribution in [1.82, 2.24) is 0 Å². The Labute approximate surface area is 176 Å². The zero-order chi connectivity index (χ0) is 17.8. The van der Waals surface area contributed by atoms with Crippen LogP contribution < -0.4 is 39.9 Å². The molecule has 0 N–H and O–H groups in total. The number of benzene rings is 3. The van der Waals surface area contributed by atoms with Gasteiger partial charge in [0.05, 0.1) is 6.16 Å². The van der Waals surface area contributed by atoms with Crippen molar-refractivity contribution in [3.63, 3.8) is 0 Å². The Morgan fingerprint density at radius 2 is 0.885 bits per heavy atom. The lowest BCUT2D eigenvalue weighted by Crippen LogP contribution is -3.00. The Hall–Kier alpha value is -1.18. The lowest BCUT2D eigenvalue weighted by atomic mass is 9.94. The molecule has 0 aliphatic carbocycles. The van der Waals surface area contributed by atoms with Crippen LogP contribution in [0.15, 0.2) is 91.0 Å². The second-order valence-corrected chi connectivity index (χ2v) is 11.5. The maximum Gasteiger partial charge on any atom is 0.112 e. The van der Waals surface area contributed by atoms with Crippen LogP contribution in [-0.2, 0) is 0 Å². The van der Waals surface area contributed by atoms with E-state index < -0.39 is 7.26 Å². The van der Waals surface area contributed by atoms with Gasteiger partial charge in [0.2, 0.25) is 0 Å². The van der Waals surface area contributed by atoms with E-state index in [0.29, 0.717) is 5.41 Å². The van der Waals surface area contributed by atoms with Gasteiger partial charge >= 0.3 is 0 Å². The van der Waals surface area contributed by atoms with Gasteiger partial charge in [-0.15, -0.1) is 0 Å². The number of rotatable bonds is 5. The van der Waals surface area contributed by atoms with Gasteiger partial charge in [0.15, 0.2) is 0 Å². The van der Waals surface area contributed by atoms with Gasteiger partial charge in [-0.2, -0.15) is 0 Å². The minimum atomic E-state index is -1.65. The van der Waals surface area contributed by atoms with Gasteiger partial charge in [-0.05, 0) is 48.2 Å². The second-order valence-electron chi connectivity index (χ2n) is 7.85. The molecule has 0 amide bonds. The first-order chi connectivity index (χ1) is 12.0. The van der Waals surface area contributed by atoms with Crippen LogP contribution in [-0.4, -0.2) is 6.16 Å². The summed E-state index contributed by atoms with van der Waals surface area (Å²) in [6, 6.07) is 33.5. The molecule has 136 valence electrons. The van der Waals surface area contributed by atoms with Crippen LogP contribution in [0, 0.1) is 5.41 Å². The Morgan fingerprint density at radius 1 is 0.577 bits per heavy atom. The van der Waals surface area contributed by atoms with Gasteiger partial charge in [0.1, 0.15) is 23.2 Å². The van der Waals surface area contributed by atoms with Crippen molar-refractivity contribution >= 4 is 23.2 Å². The molecule has 0 radical (unpaired) electrons. The molecule has 2 heteroatoms. The fourth-order valence-electron chi connectivity index (χ4n) is 3.39. The average Bonchev–Trinajstić information content (AvgIpc) is 2.64. The van der Waals surface area contributed by atoms with E-state index >= 15 is 0 Å². The molecule has 0 nitrogen and oxygen atoms in total. The SMILES string of the molecule is CC(C)(C)CC[P+](c1ccccc1)(c1ccccc1)c1ccccc1.[I-]. The van der Waals surface area contributed by atoms with E-state index in [1.807, 2.05) is 0 Å². The molecule has 0 aromatic heterocycles. The molecule has 0 aliphatic heterocycles. The molecule has 0 unspecified atom stereocenters. The summed E-state index contributed by atoms with van der Waals surface area (Å²) in [5.41, 5.74) is 0.323. The topological polar surface area (TPSA) is 0 Å². The highest BCUT2D eigenvalue weighted by Crippen LogP contribution is 2.56. The largest absolute Gasteiger partial charge is 1.00 e. The second kappa shape index (κ2) is 9.15. The average molecular weight is 474 g/mol. The fraction of sp³-hybridized carbons (Fsp3) is 0.250. The van der Waals surface area contributed by atoms with Crippen LogP contribution in [0.2, 0.25) is 0 Å². The molecular weight excluding hydrogens is 446 g/mol. The van der Waals surface area contributed by atoms with E-state index in [4.69, 9.17) is 0 Å². The van der Waals surface area contributed by atoms with Crippen molar-refractivity contribution in [3.05, 3.63) is 91.0 Å². The normalized spacial score (nSPS) is 11.7. The lowest BCUT2D eigenvalue weighted by molar-refractivity contribution is -0.00000561. The Balaban J connectivity index is 0.00000243. The Bertz CT molecular complexity index is 680. The van der Waals surface area contributed by atoms with E-state index in [0.717, 1.165) is 0 Å². The quantitative estimate of drug-likeness (QED) is 0.394. The molecule has 0 saturated heterocycles.